The van der Waals surface area contributed by atoms with Crippen LogP contribution in [0.4, 0.5) is 5.82 Å². The molecule has 2 aromatic rings. The van der Waals surface area contributed by atoms with Crippen LogP contribution in [0.3, 0.4) is 0 Å². The quantitative estimate of drug-likeness (QED) is 0.838. The second kappa shape index (κ2) is 5.94. The molecule has 0 spiro atoms. The van der Waals surface area contributed by atoms with Crippen LogP contribution >= 0.6 is 0 Å². The van der Waals surface area contributed by atoms with Gasteiger partial charge >= 0.3 is 0 Å². The van der Waals surface area contributed by atoms with Crippen molar-refractivity contribution in [1.82, 2.24) is 20.4 Å². The molecule has 0 radical (unpaired) electrons. The van der Waals surface area contributed by atoms with Crippen LogP contribution in [-0.4, -0.2) is 27.6 Å². The number of carbonyl (C=O) groups excluding carboxylic acids is 1. The van der Waals surface area contributed by atoms with E-state index >= 15 is 0 Å². The van der Waals surface area contributed by atoms with E-state index in [-0.39, 0.29) is 12.5 Å². The van der Waals surface area contributed by atoms with Crippen molar-refractivity contribution in [2.45, 2.75) is 20.4 Å². The predicted molar refractivity (Wildman–Crippen MR) is 68.6 cm³/mol. The fourth-order valence-corrected chi connectivity index (χ4v) is 1.49. The van der Waals surface area contributed by atoms with E-state index in [2.05, 4.69) is 25.8 Å². The number of hydrogen-bond acceptors (Lipinski definition) is 6. The lowest BCUT2D eigenvalue weighted by Gasteiger charge is -2.04. The Kier molecular flexibility index (Phi) is 4.07. The van der Waals surface area contributed by atoms with Crippen molar-refractivity contribution in [3.8, 4) is 0 Å². The summed E-state index contributed by atoms with van der Waals surface area (Å²) in [5.41, 5.74) is 0.488. The molecule has 7 heteroatoms. The largest absolute Gasteiger partial charge is 0.370 e. The van der Waals surface area contributed by atoms with Crippen molar-refractivity contribution in [3.63, 3.8) is 0 Å². The highest BCUT2D eigenvalue weighted by Crippen LogP contribution is 2.05. The van der Waals surface area contributed by atoms with Crippen LogP contribution in [0, 0.1) is 6.92 Å². The van der Waals surface area contributed by atoms with Gasteiger partial charge in [-0.2, -0.15) is 4.98 Å². The van der Waals surface area contributed by atoms with Gasteiger partial charge in [-0.3, -0.25) is 4.79 Å². The molecule has 0 saturated heterocycles. The van der Waals surface area contributed by atoms with Gasteiger partial charge in [-0.25, -0.2) is 4.98 Å². The van der Waals surface area contributed by atoms with Crippen molar-refractivity contribution < 1.29 is 9.32 Å². The number of hydrogen-bond donors (Lipinski definition) is 2. The van der Waals surface area contributed by atoms with Crippen LogP contribution in [0.25, 0.3) is 0 Å². The summed E-state index contributed by atoms with van der Waals surface area (Å²) in [4.78, 5) is 20.0. The lowest BCUT2D eigenvalue weighted by Crippen LogP contribution is -2.23. The maximum atomic E-state index is 11.8. The summed E-state index contributed by atoms with van der Waals surface area (Å²) in [6.45, 7) is 4.69. The van der Waals surface area contributed by atoms with Crippen LogP contribution in [0.2, 0.25) is 0 Å². The number of carbonyl (C=O) groups is 1. The van der Waals surface area contributed by atoms with Crippen LogP contribution in [0.15, 0.2) is 22.9 Å². The average molecular weight is 261 g/mol. The summed E-state index contributed by atoms with van der Waals surface area (Å²) >= 11 is 0. The minimum absolute atomic E-state index is 0.224. The van der Waals surface area contributed by atoms with E-state index in [9.17, 15) is 4.79 Å². The Morgan fingerprint density at radius 1 is 1.42 bits per heavy atom. The Bertz CT molecular complexity index is 550. The number of aromatic nitrogens is 3. The molecule has 7 nitrogen and oxygen atoms in total. The molecule has 0 aromatic carbocycles. The zero-order chi connectivity index (χ0) is 13.7. The van der Waals surface area contributed by atoms with Gasteiger partial charge in [-0.05, 0) is 19.1 Å². The van der Waals surface area contributed by atoms with Gasteiger partial charge < -0.3 is 15.2 Å². The molecule has 1 amide bonds. The van der Waals surface area contributed by atoms with Crippen molar-refractivity contribution in [2.24, 2.45) is 0 Å². The van der Waals surface area contributed by atoms with Gasteiger partial charge in [-0.15, -0.1) is 0 Å². The van der Waals surface area contributed by atoms with E-state index in [1.54, 1.807) is 19.1 Å². The van der Waals surface area contributed by atoms with Gasteiger partial charge in [0.2, 0.25) is 5.89 Å². The van der Waals surface area contributed by atoms with Crippen LogP contribution in [0.5, 0.6) is 0 Å². The number of nitrogens with zero attached hydrogens (tertiary/aromatic N) is 3. The second-order valence-electron chi connectivity index (χ2n) is 3.87. The Balaban J connectivity index is 1.92. The number of nitrogens with one attached hydrogen (secondary N) is 2. The molecular weight excluding hydrogens is 246 g/mol. The molecule has 0 unspecified atom stereocenters. The van der Waals surface area contributed by atoms with Gasteiger partial charge in [-0.1, -0.05) is 5.16 Å². The number of aryl methyl sites for hydroxylation is 1. The predicted octanol–water partition coefficient (Wildman–Crippen LogP) is 1.13. The number of pyridine rings is 1. The number of amides is 1. The fraction of sp³-hybridized carbons (Fsp3) is 0.333. The van der Waals surface area contributed by atoms with Crippen LogP contribution in [-0.2, 0) is 6.54 Å². The Hall–Kier alpha value is -2.44. The molecule has 2 N–H and O–H groups in total. The molecule has 2 rings (SSSR count). The minimum atomic E-state index is -0.224. The molecule has 2 aromatic heterocycles. The maximum absolute atomic E-state index is 11.8. The third kappa shape index (κ3) is 3.51. The average Bonchev–Trinajstić information content (AvgIpc) is 2.83. The molecule has 0 fully saturated rings. The molecular formula is C12H15N5O2. The number of rotatable bonds is 5. The lowest BCUT2D eigenvalue weighted by atomic mass is 10.2. The Labute approximate surface area is 110 Å². The van der Waals surface area contributed by atoms with E-state index in [1.807, 2.05) is 6.92 Å². The van der Waals surface area contributed by atoms with Gasteiger partial charge in [0, 0.05) is 19.7 Å². The maximum Gasteiger partial charge on any atom is 0.253 e. The van der Waals surface area contributed by atoms with E-state index < -0.39 is 0 Å². The van der Waals surface area contributed by atoms with Crippen molar-refractivity contribution in [2.75, 3.05) is 11.9 Å². The van der Waals surface area contributed by atoms with Gasteiger partial charge in [0.15, 0.2) is 5.82 Å². The van der Waals surface area contributed by atoms with E-state index in [1.165, 1.54) is 6.20 Å². The summed E-state index contributed by atoms with van der Waals surface area (Å²) in [7, 11) is 0. The first-order chi connectivity index (χ1) is 9.19. The van der Waals surface area contributed by atoms with Crippen molar-refractivity contribution in [3.05, 3.63) is 35.6 Å². The molecule has 19 heavy (non-hydrogen) atoms. The fourth-order valence-electron chi connectivity index (χ4n) is 1.49. The highest BCUT2D eigenvalue weighted by Gasteiger charge is 2.08. The molecule has 0 saturated carbocycles. The topological polar surface area (TPSA) is 92.9 Å². The highest BCUT2D eigenvalue weighted by atomic mass is 16.5. The van der Waals surface area contributed by atoms with E-state index in [4.69, 9.17) is 4.52 Å². The third-order valence-corrected chi connectivity index (χ3v) is 2.36. The summed E-state index contributed by atoms with van der Waals surface area (Å²) in [5.74, 6) is 1.44. The molecule has 0 bridgehead atoms. The van der Waals surface area contributed by atoms with Gasteiger partial charge in [0.25, 0.3) is 5.91 Å². The minimum Gasteiger partial charge on any atom is -0.370 e. The van der Waals surface area contributed by atoms with Gasteiger partial charge in [0.05, 0.1) is 12.1 Å². The molecule has 0 aliphatic rings. The first-order valence-corrected chi connectivity index (χ1v) is 5.96. The number of anilines is 1. The summed E-state index contributed by atoms with van der Waals surface area (Å²) < 4.78 is 4.81. The zero-order valence-corrected chi connectivity index (χ0v) is 10.8. The molecule has 0 atom stereocenters. The zero-order valence-electron chi connectivity index (χ0n) is 10.8. The third-order valence-electron chi connectivity index (χ3n) is 2.36. The van der Waals surface area contributed by atoms with Crippen LogP contribution < -0.4 is 10.6 Å². The monoisotopic (exact) mass is 261 g/mol. The smallest absolute Gasteiger partial charge is 0.253 e. The molecule has 0 aliphatic heterocycles. The summed E-state index contributed by atoms with van der Waals surface area (Å²) in [6, 6.07) is 3.47. The molecule has 0 aliphatic carbocycles. The first kappa shape index (κ1) is 13.0. The summed E-state index contributed by atoms with van der Waals surface area (Å²) in [5, 5.41) is 9.45. The Morgan fingerprint density at radius 3 is 2.84 bits per heavy atom. The Morgan fingerprint density at radius 2 is 2.26 bits per heavy atom. The van der Waals surface area contributed by atoms with E-state index in [0.717, 1.165) is 12.4 Å². The normalized spacial score (nSPS) is 10.2. The highest BCUT2D eigenvalue weighted by molar-refractivity contribution is 5.93. The SMILES string of the molecule is CCNc1ccc(C(=O)NCc2noc(C)n2)cn1. The molecule has 100 valence electrons. The van der Waals surface area contributed by atoms with Gasteiger partial charge in [0.1, 0.15) is 5.82 Å². The first-order valence-electron chi connectivity index (χ1n) is 5.96. The summed E-state index contributed by atoms with van der Waals surface area (Å²) in [6.07, 6.45) is 1.52. The second-order valence-corrected chi connectivity index (χ2v) is 3.87. The van der Waals surface area contributed by atoms with Crippen molar-refractivity contribution >= 4 is 11.7 Å². The van der Waals surface area contributed by atoms with Crippen molar-refractivity contribution in [1.29, 1.82) is 0 Å². The van der Waals surface area contributed by atoms with Crippen LogP contribution in [0.1, 0.15) is 29.0 Å². The standard InChI is InChI=1S/C12H15N5O2/c1-3-13-10-5-4-9(6-14-10)12(18)15-7-11-16-8(2)19-17-11/h4-6H,3,7H2,1-2H3,(H,13,14)(H,15,18). The molecule has 2 heterocycles. The lowest BCUT2D eigenvalue weighted by molar-refractivity contribution is 0.0949. The van der Waals surface area contributed by atoms with E-state index in [0.29, 0.717) is 17.3 Å².